The molecule has 0 amide bonds. The highest BCUT2D eigenvalue weighted by molar-refractivity contribution is 6.88. The van der Waals surface area contributed by atoms with Crippen molar-refractivity contribution in [3.63, 3.8) is 0 Å². The van der Waals surface area contributed by atoms with E-state index in [-0.39, 0.29) is 0 Å². The minimum absolute atomic E-state index is 0.683. The molecule has 0 unspecified atom stereocenters. The summed E-state index contributed by atoms with van der Waals surface area (Å²) in [6.45, 7) is 1.50. The average molecular weight is 209 g/mol. The third-order valence-electron chi connectivity index (χ3n) is 2.19. The monoisotopic (exact) mass is 209 g/mol. The molecule has 0 aliphatic rings. The molecule has 0 aliphatic heterocycles. The fraction of sp³-hybridized carbons (Fsp3) is 0.200. The van der Waals surface area contributed by atoms with Crippen molar-refractivity contribution in [1.82, 2.24) is 20.2 Å². The largest absolute Gasteiger partial charge is 0.315 e. The highest BCUT2D eigenvalue weighted by atomic mass is 15.4. The maximum Gasteiger partial charge on any atom is 0.221 e. The van der Waals surface area contributed by atoms with Gasteiger partial charge in [-0.1, -0.05) is 35.5 Å². The topological polar surface area (TPSA) is 42.7 Å². The second-order valence-electron chi connectivity index (χ2n) is 3.43. The van der Waals surface area contributed by atoms with E-state index < -0.39 is 0 Å². The summed E-state index contributed by atoms with van der Waals surface area (Å²) in [4.78, 5) is 0. The zero-order valence-electron chi connectivity index (χ0n) is 8.87. The van der Waals surface area contributed by atoms with Crippen LogP contribution in [0.5, 0.6) is 0 Å². The molecule has 2 aromatic rings. The number of aromatic nitrogens is 3. The molecule has 0 bridgehead atoms. The fourth-order valence-corrected chi connectivity index (χ4v) is 1.40. The number of benzene rings is 1. The predicted molar refractivity (Wildman–Crippen MR) is 63.9 cm³/mol. The lowest BCUT2D eigenvalue weighted by atomic mass is 9.67. The summed E-state index contributed by atoms with van der Waals surface area (Å²) in [6, 6.07) is 10.2. The highest BCUT2D eigenvalue weighted by Gasteiger charge is 1.98. The molecule has 2 rings (SSSR count). The molecule has 0 fully saturated rings. The summed E-state index contributed by atoms with van der Waals surface area (Å²) in [5.41, 5.74) is 2.12. The van der Waals surface area contributed by atoms with E-state index in [9.17, 15) is 0 Å². The Morgan fingerprint density at radius 3 is 2.75 bits per heavy atom. The van der Waals surface area contributed by atoms with Crippen molar-refractivity contribution < 1.29 is 0 Å². The molecule has 6 heteroatoms. The van der Waals surface area contributed by atoms with E-state index in [4.69, 9.17) is 7.74 Å². The number of rotatable bonds is 5. The van der Waals surface area contributed by atoms with Crippen molar-refractivity contribution in [3.8, 4) is 0 Å². The van der Waals surface area contributed by atoms with Crippen LogP contribution >= 0.6 is 0 Å². The summed E-state index contributed by atoms with van der Waals surface area (Å²) in [7, 11) is 6.67. The summed E-state index contributed by atoms with van der Waals surface area (Å²) < 4.78 is 1.49. The van der Waals surface area contributed by atoms with Gasteiger partial charge in [0, 0.05) is 27.0 Å². The summed E-state index contributed by atoms with van der Waals surface area (Å²) in [5.74, 6) is 0. The Bertz CT molecular complexity index is 429. The summed E-state index contributed by atoms with van der Waals surface area (Å²) >= 11 is 0. The molecule has 1 heterocycles. The lowest BCUT2D eigenvalue weighted by Gasteiger charge is -2.01. The first kappa shape index (κ1) is 11.0. The van der Waals surface area contributed by atoms with Crippen molar-refractivity contribution in [1.29, 1.82) is 0 Å². The third-order valence-corrected chi connectivity index (χ3v) is 2.19. The maximum atomic E-state index is 5.30. The fourth-order valence-electron chi connectivity index (χ4n) is 1.40. The molecule has 0 atom stereocenters. The maximum absolute atomic E-state index is 5.30. The molecule has 1 aromatic heterocycles. The van der Waals surface area contributed by atoms with E-state index in [2.05, 4.69) is 27.8 Å². The first-order valence-corrected chi connectivity index (χ1v) is 5.09. The van der Waals surface area contributed by atoms with Gasteiger partial charge < -0.3 is 9.91 Å². The van der Waals surface area contributed by atoms with Crippen LogP contribution in [-0.4, -0.2) is 29.9 Å². The van der Waals surface area contributed by atoms with Crippen LogP contribution in [0.3, 0.4) is 0 Å². The van der Waals surface area contributed by atoms with E-state index in [1.165, 1.54) is 17.5 Å². The zero-order chi connectivity index (χ0) is 11.2. The van der Waals surface area contributed by atoms with Gasteiger partial charge in [-0.2, -0.15) is 0 Å². The number of nitrogens with one attached hydrogen (secondary N) is 1. The van der Waals surface area contributed by atoms with Gasteiger partial charge in [-0.25, -0.2) is 0 Å². The number of nitrogens with zero attached hydrogens (tertiary/aromatic N) is 3. The zero-order valence-corrected chi connectivity index (χ0v) is 8.87. The minimum atomic E-state index is 0.683. The Kier molecular flexibility index (Phi) is 3.77. The third kappa shape index (κ3) is 2.97. The molecule has 3 radical (unpaired) electrons. The predicted octanol–water partition coefficient (Wildman–Crippen LogP) is 0.119. The molecule has 0 spiro atoms. The first-order chi connectivity index (χ1) is 7.88. The van der Waals surface area contributed by atoms with Gasteiger partial charge in [0.1, 0.15) is 0 Å². The molecule has 0 saturated carbocycles. The van der Waals surface area contributed by atoms with Gasteiger partial charge in [0.05, 0.1) is 5.69 Å². The molecular formula is C10H11B2N4. The van der Waals surface area contributed by atoms with E-state index in [0.717, 1.165) is 12.2 Å². The summed E-state index contributed by atoms with van der Waals surface area (Å²) in [5, 5.41) is 11.0. The molecule has 4 nitrogen and oxygen atoms in total. The van der Waals surface area contributed by atoms with Crippen molar-refractivity contribution >= 4 is 15.0 Å². The molecular weight excluding hydrogens is 198 g/mol. The Balaban J connectivity index is 1.80. The molecule has 0 aliphatic carbocycles. The van der Waals surface area contributed by atoms with Crippen LogP contribution in [0, 0.1) is 0 Å². The van der Waals surface area contributed by atoms with E-state index in [1.807, 2.05) is 18.2 Å². The van der Waals surface area contributed by atoms with Crippen LogP contribution in [0.1, 0.15) is 11.3 Å². The molecule has 77 valence electrons. The van der Waals surface area contributed by atoms with E-state index in [1.54, 1.807) is 6.20 Å². The van der Waals surface area contributed by atoms with Gasteiger partial charge in [-0.05, 0) is 5.56 Å². The lowest BCUT2D eigenvalue weighted by Crippen LogP contribution is -2.12. The first-order valence-electron chi connectivity index (χ1n) is 5.09. The van der Waals surface area contributed by atoms with Crippen LogP contribution in [0.15, 0.2) is 36.5 Å². The van der Waals surface area contributed by atoms with Crippen molar-refractivity contribution in [2.24, 2.45) is 0 Å². The van der Waals surface area contributed by atoms with Crippen molar-refractivity contribution in [2.45, 2.75) is 13.1 Å². The van der Waals surface area contributed by atoms with Gasteiger partial charge >= 0.3 is 0 Å². The average Bonchev–Trinajstić information content (AvgIpc) is 2.78. The van der Waals surface area contributed by atoms with E-state index >= 15 is 0 Å². The molecule has 16 heavy (non-hydrogen) atoms. The SMILES string of the molecule is [B][B]n1cc(CNCc2ccccc2)nn1. The van der Waals surface area contributed by atoms with Crippen molar-refractivity contribution in [3.05, 3.63) is 47.8 Å². The van der Waals surface area contributed by atoms with Gasteiger partial charge in [-0.3, -0.25) is 0 Å². The van der Waals surface area contributed by atoms with Crippen LogP contribution in [0.2, 0.25) is 0 Å². The van der Waals surface area contributed by atoms with Gasteiger partial charge in [0.15, 0.2) is 0 Å². The smallest absolute Gasteiger partial charge is 0.221 e. The van der Waals surface area contributed by atoms with Crippen LogP contribution < -0.4 is 5.32 Å². The quantitative estimate of drug-likeness (QED) is 0.711. The molecule has 1 N–H and O–H groups in total. The highest BCUT2D eigenvalue weighted by Crippen LogP contribution is 1.98. The minimum Gasteiger partial charge on any atom is -0.315 e. The van der Waals surface area contributed by atoms with Gasteiger partial charge in [0.25, 0.3) is 0 Å². The second kappa shape index (κ2) is 5.51. The Morgan fingerprint density at radius 2 is 2.06 bits per heavy atom. The normalized spacial score (nSPS) is 10.2. The molecule has 1 aromatic carbocycles. The Hall–Kier alpha value is -1.55. The standard InChI is InChI=1S/C10H11B2N4/c11-12-16-8-10(14-15-16)7-13-6-9-4-2-1-3-5-9/h1-5,8,13H,6-7H2. The Morgan fingerprint density at radius 1 is 1.25 bits per heavy atom. The Labute approximate surface area is 96.7 Å². The van der Waals surface area contributed by atoms with Crippen LogP contribution in [-0.2, 0) is 13.1 Å². The second-order valence-corrected chi connectivity index (χ2v) is 3.43. The number of hydrogen-bond donors (Lipinski definition) is 1. The lowest BCUT2D eigenvalue weighted by molar-refractivity contribution is 0.677. The number of hydrogen-bond acceptors (Lipinski definition) is 3. The van der Waals surface area contributed by atoms with Crippen LogP contribution in [0.25, 0.3) is 0 Å². The van der Waals surface area contributed by atoms with Crippen molar-refractivity contribution in [2.75, 3.05) is 0 Å². The molecule has 0 saturated heterocycles. The summed E-state index contributed by atoms with van der Waals surface area (Å²) in [6.07, 6.45) is 1.79. The van der Waals surface area contributed by atoms with E-state index in [0.29, 0.717) is 6.54 Å². The van der Waals surface area contributed by atoms with Crippen LogP contribution in [0.4, 0.5) is 0 Å². The van der Waals surface area contributed by atoms with Gasteiger partial charge in [0.2, 0.25) is 7.31 Å². The van der Waals surface area contributed by atoms with Gasteiger partial charge in [-0.15, -0.1) is 5.10 Å².